The minimum atomic E-state index is -0.473. The monoisotopic (exact) mass is 378 g/mol. The molecule has 0 aliphatic carbocycles. The SMILES string of the molecule is CC(C)(C)OC(=O)C=Cc1ccccc1CN1CCN(c2ccccc2)CC1. The van der Waals surface area contributed by atoms with Gasteiger partial charge in [-0.2, -0.15) is 0 Å². The highest BCUT2D eigenvalue weighted by Crippen LogP contribution is 2.19. The lowest BCUT2D eigenvalue weighted by molar-refractivity contribution is -0.148. The van der Waals surface area contributed by atoms with Gasteiger partial charge >= 0.3 is 5.97 Å². The van der Waals surface area contributed by atoms with Crippen LogP contribution in [0.5, 0.6) is 0 Å². The molecule has 3 rings (SSSR count). The van der Waals surface area contributed by atoms with Crippen molar-refractivity contribution in [3.63, 3.8) is 0 Å². The molecule has 0 bridgehead atoms. The number of hydrogen-bond donors (Lipinski definition) is 0. The summed E-state index contributed by atoms with van der Waals surface area (Å²) in [5, 5.41) is 0. The molecule has 0 aromatic heterocycles. The van der Waals surface area contributed by atoms with Gasteiger partial charge in [0.2, 0.25) is 0 Å². The fourth-order valence-corrected chi connectivity index (χ4v) is 3.38. The molecule has 2 aromatic carbocycles. The van der Waals surface area contributed by atoms with Crippen molar-refractivity contribution in [2.75, 3.05) is 31.1 Å². The lowest BCUT2D eigenvalue weighted by atomic mass is 10.1. The molecule has 2 aromatic rings. The molecule has 1 fully saturated rings. The zero-order valence-electron chi connectivity index (χ0n) is 17.1. The van der Waals surface area contributed by atoms with E-state index in [1.54, 1.807) is 0 Å². The fourth-order valence-electron chi connectivity index (χ4n) is 3.38. The quantitative estimate of drug-likeness (QED) is 0.572. The van der Waals surface area contributed by atoms with Gasteiger partial charge in [-0.25, -0.2) is 4.79 Å². The number of rotatable bonds is 5. The molecule has 28 heavy (non-hydrogen) atoms. The van der Waals surface area contributed by atoms with Crippen LogP contribution in [0.4, 0.5) is 5.69 Å². The van der Waals surface area contributed by atoms with E-state index in [1.807, 2.05) is 32.9 Å². The van der Waals surface area contributed by atoms with Gasteiger partial charge in [-0.05, 0) is 50.1 Å². The third-order valence-corrected chi connectivity index (χ3v) is 4.75. The van der Waals surface area contributed by atoms with Crippen LogP contribution in [0, 0.1) is 0 Å². The Hall–Kier alpha value is -2.59. The fraction of sp³-hybridized carbons (Fsp3) is 0.375. The summed E-state index contributed by atoms with van der Waals surface area (Å²) in [6.45, 7) is 10.6. The highest BCUT2D eigenvalue weighted by atomic mass is 16.6. The molecule has 4 heteroatoms. The summed E-state index contributed by atoms with van der Waals surface area (Å²) >= 11 is 0. The second-order valence-corrected chi connectivity index (χ2v) is 8.16. The summed E-state index contributed by atoms with van der Waals surface area (Å²) in [5.41, 5.74) is 3.12. The first-order valence-corrected chi connectivity index (χ1v) is 9.92. The first-order valence-electron chi connectivity index (χ1n) is 9.92. The molecule has 0 unspecified atom stereocenters. The van der Waals surface area contributed by atoms with Crippen LogP contribution in [0.25, 0.3) is 6.08 Å². The van der Waals surface area contributed by atoms with Crippen LogP contribution in [-0.2, 0) is 16.1 Å². The van der Waals surface area contributed by atoms with Crippen molar-refractivity contribution < 1.29 is 9.53 Å². The maximum absolute atomic E-state index is 12.0. The van der Waals surface area contributed by atoms with Gasteiger partial charge in [0.25, 0.3) is 0 Å². The van der Waals surface area contributed by atoms with Gasteiger partial charge in [-0.1, -0.05) is 42.5 Å². The minimum absolute atomic E-state index is 0.307. The molecule has 0 amide bonds. The summed E-state index contributed by atoms with van der Waals surface area (Å²) in [6, 6.07) is 18.8. The molecule has 0 atom stereocenters. The van der Waals surface area contributed by atoms with E-state index in [0.29, 0.717) is 0 Å². The summed E-state index contributed by atoms with van der Waals surface area (Å²) in [4.78, 5) is 16.9. The normalized spacial score (nSPS) is 15.8. The number of para-hydroxylation sites is 1. The molecule has 4 nitrogen and oxygen atoms in total. The molecule has 0 saturated carbocycles. The molecule has 0 spiro atoms. The van der Waals surface area contributed by atoms with Crippen LogP contribution in [0.1, 0.15) is 31.9 Å². The van der Waals surface area contributed by atoms with E-state index in [9.17, 15) is 4.79 Å². The predicted octanol–water partition coefficient (Wildman–Crippen LogP) is 4.36. The predicted molar refractivity (Wildman–Crippen MR) is 115 cm³/mol. The van der Waals surface area contributed by atoms with Gasteiger partial charge in [0.05, 0.1) is 0 Å². The average molecular weight is 379 g/mol. The van der Waals surface area contributed by atoms with Crippen molar-refractivity contribution >= 4 is 17.7 Å². The molecule has 1 aliphatic heterocycles. The highest BCUT2D eigenvalue weighted by Gasteiger charge is 2.18. The van der Waals surface area contributed by atoms with Gasteiger partial charge in [0.1, 0.15) is 5.60 Å². The maximum atomic E-state index is 12.0. The van der Waals surface area contributed by atoms with Crippen LogP contribution >= 0.6 is 0 Å². The van der Waals surface area contributed by atoms with Crippen LogP contribution in [0.3, 0.4) is 0 Å². The van der Waals surface area contributed by atoms with E-state index < -0.39 is 5.60 Å². The number of piperazine rings is 1. The third kappa shape index (κ3) is 5.96. The summed E-state index contributed by atoms with van der Waals surface area (Å²) in [6.07, 6.45) is 3.39. The van der Waals surface area contributed by atoms with E-state index >= 15 is 0 Å². The maximum Gasteiger partial charge on any atom is 0.331 e. The van der Waals surface area contributed by atoms with Crippen molar-refractivity contribution in [1.29, 1.82) is 0 Å². The Labute approximate surface area is 168 Å². The molecule has 0 N–H and O–H groups in total. The van der Waals surface area contributed by atoms with E-state index in [4.69, 9.17) is 4.74 Å². The number of esters is 1. The standard InChI is InChI=1S/C24H30N2O2/c1-24(2,3)28-23(27)14-13-20-9-7-8-10-21(20)19-25-15-17-26(18-16-25)22-11-5-4-6-12-22/h4-14H,15-19H2,1-3H3. The lowest BCUT2D eigenvalue weighted by Gasteiger charge is -2.36. The number of nitrogens with zero attached hydrogens (tertiary/aromatic N) is 2. The topological polar surface area (TPSA) is 32.8 Å². The Kier molecular flexibility index (Phi) is 6.53. The zero-order valence-corrected chi connectivity index (χ0v) is 17.1. The smallest absolute Gasteiger partial charge is 0.331 e. The number of benzene rings is 2. The molecule has 1 aliphatic rings. The zero-order chi connectivity index (χ0) is 20.0. The van der Waals surface area contributed by atoms with Gasteiger partial charge < -0.3 is 9.64 Å². The van der Waals surface area contributed by atoms with Crippen molar-refractivity contribution in [2.24, 2.45) is 0 Å². The molecule has 1 heterocycles. The third-order valence-electron chi connectivity index (χ3n) is 4.75. The first kappa shape index (κ1) is 20.2. The van der Waals surface area contributed by atoms with Crippen LogP contribution in [0.2, 0.25) is 0 Å². The van der Waals surface area contributed by atoms with E-state index in [1.165, 1.54) is 17.3 Å². The largest absolute Gasteiger partial charge is 0.457 e. The van der Waals surface area contributed by atoms with Crippen molar-refractivity contribution in [3.8, 4) is 0 Å². The summed E-state index contributed by atoms with van der Waals surface area (Å²) < 4.78 is 5.36. The lowest BCUT2D eigenvalue weighted by Crippen LogP contribution is -2.46. The molecular weight excluding hydrogens is 348 g/mol. The van der Waals surface area contributed by atoms with E-state index in [2.05, 4.69) is 58.3 Å². The Morgan fingerprint density at radius 2 is 1.61 bits per heavy atom. The number of hydrogen-bond acceptors (Lipinski definition) is 4. The highest BCUT2D eigenvalue weighted by molar-refractivity contribution is 5.87. The van der Waals surface area contributed by atoms with Crippen LogP contribution < -0.4 is 4.90 Å². The average Bonchev–Trinajstić information content (AvgIpc) is 2.67. The Balaban J connectivity index is 1.59. The second-order valence-electron chi connectivity index (χ2n) is 8.16. The number of carbonyl (C=O) groups excluding carboxylic acids is 1. The molecule has 1 saturated heterocycles. The van der Waals surface area contributed by atoms with Gasteiger partial charge in [-0.3, -0.25) is 4.90 Å². The summed E-state index contributed by atoms with van der Waals surface area (Å²) in [7, 11) is 0. The Morgan fingerprint density at radius 3 is 2.29 bits per heavy atom. The van der Waals surface area contributed by atoms with Crippen molar-refractivity contribution in [3.05, 3.63) is 71.8 Å². The second kappa shape index (κ2) is 9.07. The van der Waals surface area contributed by atoms with Crippen molar-refractivity contribution in [1.82, 2.24) is 4.90 Å². The van der Waals surface area contributed by atoms with E-state index in [0.717, 1.165) is 38.3 Å². The van der Waals surface area contributed by atoms with E-state index in [-0.39, 0.29) is 5.97 Å². The van der Waals surface area contributed by atoms with Crippen molar-refractivity contribution in [2.45, 2.75) is 32.9 Å². The number of carbonyl (C=O) groups is 1. The minimum Gasteiger partial charge on any atom is -0.457 e. The van der Waals surface area contributed by atoms with Gasteiger partial charge in [-0.15, -0.1) is 0 Å². The molecule has 148 valence electrons. The van der Waals surface area contributed by atoms with Gasteiger partial charge in [0, 0.05) is 44.5 Å². The van der Waals surface area contributed by atoms with Crippen LogP contribution in [-0.4, -0.2) is 42.6 Å². The molecular formula is C24H30N2O2. The number of ether oxygens (including phenoxy) is 1. The van der Waals surface area contributed by atoms with Crippen LogP contribution in [0.15, 0.2) is 60.7 Å². The van der Waals surface area contributed by atoms with Gasteiger partial charge in [0.15, 0.2) is 0 Å². The molecule has 0 radical (unpaired) electrons. The number of anilines is 1. The first-order chi connectivity index (χ1) is 13.4. The Bertz CT molecular complexity index is 801. The summed E-state index contributed by atoms with van der Waals surface area (Å²) in [5.74, 6) is -0.307. The Morgan fingerprint density at radius 1 is 0.964 bits per heavy atom.